The molecule has 2 rings (SSSR count). The fourth-order valence-electron chi connectivity index (χ4n) is 1.50. The summed E-state index contributed by atoms with van der Waals surface area (Å²) < 4.78 is 0. The lowest BCUT2D eigenvalue weighted by Crippen LogP contribution is -2.22. The number of anilines is 2. The van der Waals surface area contributed by atoms with E-state index in [9.17, 15) is 10.2 Å². The van der Waals surface area contributed by atoms with Crippen LogP contribution in [0.25, 0.3) is 0 Å². The van der Waals surface area contributed by atoms with Gasteiger partial charge in [0.05, 0.1) is 12.2 Å². The highest BCUT2D eigenvalue weighted by Crippen LogP contribution is 2.18. The first-order chi connectivity index (χ1) is 6.66. The molecule has 0 aromatic carbocycles. The van der Waals surface area contributed by atoms with E-state index < -0.39 is 12.2 Å². The van der Waals surface area contributed by atoms with E-state index in [4.69, 9.17) is 5.73 Å². The number of aliphatic hydroxyl groups excluding tert-OH is 2. The molecule has 0 bridgehead atoms. The maximum atomic E-state index is 9.33. The van der Waals surface area contributed by atoms with Crippen molar-refractivity contribution >= 4 is 11.8 Å². The van der Waals surface area contributed by atoms with Crippen molar-refractivity contribution in [3.63, 3.8) is 0 Å². The molecule has 1 saturated heterocycles. The summed E-state index contributed by atoms with van der Waals surface area (Å²) in [5.74, 6) is 0.825. The van der Waals surface area contributed by atoms with E-state index in [1.54, 1.807) is 17.2 Å². The van der Waals surface area contributed by atoms with Crippen LogP contribution in [0.4, 0.5) is 11.8 Å². The Morgan fingerprint density at radius 1 is 1.36 bits per heavy atom. The molecule has 76 valence electrons. The monoisotopic (exact) mass is 196 g/mol. The van der Waals surface area contributed by atoms with Gasteiger partial charge < -0.3 is 20.8 Å². The van der Waals surface area contributed by atoms with Crippen molar-refractivity contribution in [1.29, 1.82) is 0 Å². The smallest absolute Gasteiger partial charge is 0.221 e. The lowest BCUT2D eigenvalue weighted by molar-refractivity contribution is 0.0572. The third-order valence-electron chi connectivity index (χ3n) is 2.24. The van der Waals surface area contributed by atoms with Crippen molar-refractivity contribution in [3.8, 4) is 0 Å². The third kappa shape index (κ3) is 1.61. The number of nitrogens with zero attached hydrogens (tertiary/aromatic N) is 3. The van der Waals surface area contributed by atoms with Gasteiger partial charge >= 0.3 is 0 Å². The van der Waals surface area contributed by atoms with Gasteiger partial charge in [-0.1, -0.05) is 0 Å². The van der Waals surface area contributed by atoms with E-state index in [1.165, 1.54) is 0 Å². The summed E-state index contributed by atoms with van der Waals surface area (Å²) in [6.45, 7) is 0.745. The number of aliphatic hydroxyl groups is 2. The van der Waals surface area contributed by atoms with Gasteiger partial charge in [0, 0.05) is 19.3 Å². The van der Waals surface area contributed by atoms with Crippen molar-refractivity contribution in [2.45, 2.75) is 12.2 Å². The molecule has 0 unspecified atom stereocenters. The molecule has 6 heteroatoms. The van der Waals surface area contributed by atoms with E-state index in [0.717, 1.165) is 0 Å². The minimum absolute atomic E-state index is 0.193. The predicted molar refractivity (Wildman–Crippen MR) is 50.7 cm³/mol. The average Bonchev–Trinajstić information content (AvgIpc) is 2.47. The van der Waals surface area contributed by atoms with Gasteiger partial charge in [0.2, 0.25) is 5.95 Å². The molecule has 0 spiro atoms. The fourth-order valence-corrected chi connectivity index (χ4v) is 1.50. The number of nitrogens with two attached hydrogens (primary N) is 1. The van der Waals surface area contributed by atoms with Crippen molar-refractivity contribution in [3.05, 3.63) is 12.3 Å². The molecular weight excluding hydrogens is 184 g/mol. The standard InChI is InChI=1S/C8H12N4O2/c9-8-10-2-1-7(11-8)12-3-5(13)6(14)4-12/h1-2,5-6,13-14H,3-4H2,(H2,9,10,11)/t5-,6+. The summed E-state index contributed by atoms with van der Waals surface area (Å²) in [6.07, 6.45) is 0.117. The minimum Gasteiger partial charge on any atom is -0.389 e. The summed E-state index contributed by atoms with van der Waals surface area (Å²) in [7, 11) is 0. The van der Waals surface area contributed by atoms with Crippen LogP contribution in [0.5, 0.6) is 0 Å². The topological polar surface area (TPSA) is 95.5 Å². The summed E-state index contributed by atoms with van der Waals surface area (Å²) in [4.78, 5) is 9.53. The van der Waals surface area contributed by atoms with Crippen molar-refractivity contribution in [1.82, 2.24) is 9.97 Å². The van der Waals surface area contributed by atoms with Crippen LogP contribution >= 0.6 is 0 Å². The van der Waals surface area contributed by atoms with Crippen molar-refractivity contribution in [2.75, 3.05) is 23.7 Å². The first kappa shape index (κ1) is 9.17. The largest absolute Gasteiger partial charge is 0.389 e. The first-order valence-electron chi connectivity index (χ1n) is 4.36. The van der Waals surface area contributed by atoms with Gasteiger partial charge in [-0.15, -0.1) is 0 Å². The lowest BCUT2D eigenvalue weighted by atomic mass is 10.3. The highest BCUT2D eigenvalue weighted by atomic mass is 16.3. The van der Waals surface area contributed by atoms with Gasteiger partial charge in [-0.05, 0) is 6.07 Å². The zero-order chi connectivity index (χ0) is 10.1. The Balaban J connectivity index is 2.17. The van der Waals surface area contributed by atoms with E-state index in [1.807, 2.05) is 0 Å². The second-order valence-electron chi connectivity index (χ2n) is 3.31. The van der Waals surface area contributed by atoms with E-state index in [0.29, 0.717) is 18.9 Å². The molecule has 1 aliphatic heterocycles. The number of aromatic nitrogens is 2. The SMILES string of the molecule is Nc1nccc(N2C[C@@H](O)[C@@H](O)C2)n1. The summed E-state index contributed by atoms with van der Waals surface area (Å²) in [6, 6.07) is 1.70. The van der Waals surface area contributed by atoms with Gasteiger partial charge in [0.15, 0.2) is 0 Å². The number of nitrogen functional groups attached to an aromatic ring is 1. The molecule has 2 heterocycles. The molecule has 1 aromatic rings. The third-order valence-corrected chi connectivity index (χ3v) is 2.24. The molecule has 1 fully saturated rings. The van der Waals surface area contributed by atoms with Crippen LogP contribution in [0.1, 0.15) is 0 Å². The van der Waals surface area contributed by atoms with E-state index in [2.05, 4.69) is 9.97 Å². The van der Waals surface area contributed by atoms with Crippen molar-refractivity contribution < 1.29 is 10.2 Å². The van der Waals surface area contributed by atoms with Crippen LogP contribution < -0.4 is 10.6 Å². The Morgan fingerprint density at radius 2 is 2.00 bits per heavy atom. The van der Waals surface area contributed by atoms with Gasteiger partial charge in [-0.2, -0.15) is 4.98 Å². The zero-order valence-electron chi connectivity index (χ0n) is 7.54. The molecule has 0 radical (unpaired) electrons. The zero-order valence-corrected chi connectivity index (χ0v) is 7.54. The van der Waals surface area contributed by atoms with Crippen LogP contribution in [-0.4, -0.2) is 45.5 Å². The Bertz CT molecular complexity index is 323. The summed E-state index contributed by atoms with van der Waals surface area (Å²) in [5, 5.41) is 18.7. The quantitative estimate of drug-likeness (QED) is 0.511. The van der Waals surface area contributed by atoms with Gasteiger partial charge in [-0.25, -0.2) is 4.98 Å². The average molecular weight is 196 g/mol. The lowest BCUT2D eigenvalue weighted by Gasteiger charge is -2.15. The summed E-state index contributed by atoms with van der Waals surface area (Å²) in [5.41, 5.74) is 5.42. The predicted octanol–water partition coefficient (Wildman–Crippen LogP) is -1.40. The molecule has 0 aliphatic carbocycles. The normalized spacial score (nSPS) is 26.9. The van der Waals surface area contributed by atoms with Crippen molar-refractivity contribution in [2.24, 2.45) is 0 Å². The Morgan fingerprint density at radius 3 is 2.57 bits per heavy atom. The van der Waals surface area contributed by atoms with Crippen LogP contribution in [0.2, 0.25) is 0 Å². The summed E-state index contributed by atoms with van der Waals surface area (Å²) >= 11 is 0. The van der Waals surface area contributed by atoms with Crippen LogP contribution in [0.15, 0.2) is 12.3 Å². The van der Waals surface area contributed by atoms with Crippen LogP contribution in [-0.2, 0) is 0 Å². The molecule has 6 nitrogen and oxygen atoms in total. The molecule has 2 atom stereocenters. The fraction of sp³-hybridized carbons (Fsp3) is 0.500. The second kappa shape index (κ2) is 3.39. The molecule has 1 aliphatic rings. The van der Waals surface area contributed by atoms with E-state index in [-0.39, 0.29) is 5.95 Å². The number of rotatable bonds is 1. The maximum Gasteiger partial charge on any atom is 0.221 e. The second-order valence-corrected chi connectivity index (χ2v) is 3.31. The van der Waals surface area contributed by atoms with Gasteiger partial charge in [0.25, 0.3) is 0 Å². The van der Waals surface area contributed by atoms with E-state index >= 15 is 0 Å². The number of β-amino-alcohol motifs (C(OH)–C–C–N with tert-alkyl or cyclic N) is 2. The Kier molecular flexibility index (Phi) is 2.22. The van der Waals surface area contributed by atoms with Crippen LogP contribution in [0, 0.1) is 0 Å². The van der Waals surface area contributed by atoms with Crippen LogP contribution in [0.3, 0.4) is 0 Å². The number of hydrogen-bond donors (Lipinski definition) is 3. The van der Waals surface area contributed by atoms with Gasteiger partial charge in [-0.3, -0.25) is 0 Å². The number of hydrogen-bond acceptors (Lipinski definition) is 6. The molecule has 1 aromatic heterocycles. The highest BCUT2D eigenvalue weighted by molar-refractivity contribution is 5.42. The molecule has 0 amide bonds. The molecule has 14 heavy (non-hydrogen) atoms. The molecular formula is C8H12N4O2. The molecule has 0 saturated carbocycles. The molecule has 4 N–H and O–H groups in total. The highest BCUT2D eigenvalue weighted by Gasteiger charge is 2.30. The van der Waals surface area contributed by atoms with Gasteiger partial charge in [0.1, 0.15) is 5.82 Å². The maximum absolute atomic E-state index is 9.33. The Hall–Kier alpha value is -1.40. The Labute approximate surface area is 81.0 Å². The minimum atomic E-state index is -0.716. The first-order valence-corrected chi connectivity index (χ1v) is 4.36.